The summed E-state index contributed by atoms with van der Waals surface area (Å²) in [6, 6.07) is 7.10. The number of nitrogens with zero attached hydrogens (tertiary/aromatic N) is 2. The molecule has 0 aliphatic rings. The lowest BCUT2D eigenvalue weighted by Crippen LogP contribution is -2.29. The Morgan fingerprint density at radius 1 is 1.30 bits per heavy atom. The Labute approximate surface area is 133 Å². The van der Waals surface area contributed by atoms with Crippen LogP contribution >= 0.6 is 31.9 Å². The average Bonchev–Trinajstić information content (AvgIpc) is 2.41. The molecule has 0 aliphatic heterocycles. The Hall–Kier alpha value is -1.27. The molecule has 0 unspecified atom stereocenters. The number of carbonyl (C=O) groups excluding carboxylic acids is 1. The maximum absolute atomic E-state index is 12.2. The number of rotatable bonds is 3. The normalized spacial score (nSPS) is 10.6. The molecule has 0 amide bonds. The van der Waals surface area contributed by atoms with Crippen molar-refractivity contribution in [1.29, 1.82) is 0 Å². The summed E-state index contributed by atoms with van der Waals surface area (Å²) in [5, 5.41) is 0. The van der Waals surface area contributed by atoms with Gasteiger partial charge in [0, 0.05) is 15.7 Å². The van der Waals surface area contributed by atoms with Gasteiger partial charge in [-0.3, -0.25) is 9.36 Å². The molecule has 20 heavy (non-hydrogen) atoms. The van der Waals surface area contributed by atoms with E-state index in [0.717, 1.165) is 8.95 Å². The van der Waals surface area contributed by atoms with E-state index in [1.54, 1.807) is 32.0 Å². The smallest absolute Gasteiger partial charge is 0.292 e. The minimum atomic E-state index is -0.411. The maximum atomic E-state index is 12.2. The van der Waals surface area contributed by atoms with Crippen molar-refractivity contribution in [1.82, 2.24) is 9.55 Å². The summed E-state index contributed by atoms with van der Waals surface area (Å²) in [6.45, 7) is 3.51. The number of ketones is 1. The average molecular weight is 400 g/mol. The number of aromatic nitrogens is 2. The lowest BCUT2D eigenvalue weighted by Gasteiger charge is -2.11. The second-order valence-electron chi connectivity index (χ2n) is 4.40. The SMILES string of the molecule is Cc1nc(=O)n(CC(=O)c2cccc(Br)c2)c(C)c1Br. The van der Waals surface area contributed by atoms with Crippen molar-refractivity contribution in [3.63, 3.8) is 0 Å². The zero-order valence-electron chi connectivity index (χ0n) is 11.0. The lowest BCUT2D eigenvalue weighted by atomic mass is 10.1. The molecule has 2 rings (SSSR count). The molecule has 0 saturated carbocycles. The van der Waals surface area contributed by atoms with Gasteiger partial charge >= 0.3 is 5.69 Å². The van der Waals surface area contributed by atoms with Crippen LogP contribution < -0.4 is 5.69 Å². The van der Waals surface area contributed by atoms with Crippen molar-refractivity contribution >= 4 is 37.6 Å². The van der Waals surface area contributed by atoms with Crippen LogP contribution in [0, 0.1) is 13.8 Å². The van der Waals surface area contributed by atoms with Gasteiger partial charge in [-0.15, -0.1) is 0 Å². The zero-order chi connectivity index (χ0) is 14.9. The van der Waals surface area contributed by atoms with Crippen LogP contribution in [0.3, 0.4) is 0 Å². The summed E-state index contributed by atoms with van der Waals surface area (Å²) in [6.07, 6.45) is 0. The van der Waals surface area contributed by atoms with Crippen LogP contribution in [0.15, 0.2) is 38.0 Å². The van der Waals surface area contributed by atoms with E-state index in [-0.39, 0.29) is 12.3 Å². The summed E-state index contributed by atoms with van der Waals surface area (Å²) in [5.74, 6) is -0.131. The van der Waals surface area contributed by atoms with E-state index >= 15 is 0 Å². The van der Waals surface area contributed by atoms with Gasteiger partial charge in [0.15, 0.2) is 5.78 Å². The molecular formula is C14H12Br2N2O2. The lowest BCUT2D eigenvalue weighted by molar-refractivity contribution is 0.0969. The summed E-state index contributed by atoms with van der Waals surface area (Å²) >= 11 is 6.71. The van der Waals surface area contributed by atoms with E-state index < -0.39 is 5.69 Å². The van der Waals surface area contributed by atoms with Crippen molar-refractivity contribution in [3.8, 4) is 0 Å². The number of halogens is 2. The highest BCUT2D eigenvalue weighted by molar-refractivity contribution is 9.10. The van der Waals surface area contributed by atoms with Crippen molar-refractivity contribution in [2.75, 3.05) is 0 Å². The molecule has 6 heteroatoms. The van der Waals surface area contributed by atoms with Crippen LogP contribution in [-0.4, -0.2) is 15.3 Å². The summed E-state index contributed by atoms with van der Waals surface area (Å²) in [4.78, 5) is 28.1. The van der Waals surface area contributed by atoms with Crippen LogP contribution in [0.1, 0.15) is 21.7 Å². The van der Waals surface area contributed by atoms with Gasteiger partial charge < -0.3 is 0 Å². The van der Waals surface area contributed by atoms with E-state index in [4.69, 9.17) is 0 Å². The summed E-state index contributed by atoms with van der Waals surface area (Å²) in [7, 11) is 0. The van der Waals surface area contributed by atoms with E-state index in [2.05, 4.69) is 36.8 Å². The number of benzene rings is 1. The third kappa shape index (κ3) is 3.07. The van der Waals surface area contributed by atoms with Crippen molar-refractivity contribution in [2.45, 2.75) is 20.4 Å². The first-order valence-electron chi connectivity index (χ1n) is 5.92. The molecule has 0 saturated heterocycles. The van der Waals surface area contributed by atoms with E-state index in [1.165, 1.54) is 4.57 Å². The Morgan fingerprint density at radius 2 is 2.00 bits per heavy atom. The van der Waals surface area contributed by atoms with Crippen molar-refractivity contribution < 1.29 is 4.79 Å². The molecule has 104 valence electrons. The molecule has 0 N–H and O–H groups in total. The van der Waals surface area contributed by atoms with Crippen LogP contribution in [0.4, 0.5) is 0 Å². The fourth-order valence-corrected chi connectivity index (χ4v) is 2.56. The number of aryl methyl sites for hydroxylation is 1. The highest BCUT2D eigenvalue weighted by atomic mass is 79.9. The molecule has 1 heterocycles. The van der Waals surface area contributed by atoms with Gasteiger partial charge in [0.05, 0.1) is 16.7 Å². The monoisotopic (exact) mass is 398 g/mol. The Morgan fingerprint density at radius 3 is 2.65 bits per heavy atom. The standard InChI is InChI=1S/C14H12Br2N2O2/c1-8-13(16)9(2)18(14(20)17-8)7-12(19)10-4-3-5-11(15)6-10/h3-6H,7H2,1-2H3. The molecule has 0 radical (unpaired) electrons. The first kappa shape index (κ1) is 15.1. The zero-order valence-corrected chi connectivity index (χ0v) is 14.2. The fraction of sp³-hybridized carbons (Fsp3) is 0.214. The van der Waals surface area contributed by atoms with E-state index in [9.17, 15) is 9.59 Å². The Bertz CT molecular complexity index is 738. The predicted molar refractivity (Wildman–Crippen MR) is 84.1 cm³/mol. The Balaban J connectivity index is 2.38. The molecule has 0 atom stereocenters. The van der Waals surface area contributed by atoms with Crippen molar-refractivity contribution in [3.05, 3.63) is 60.6 Å². The predicted octanol–water partition coefficient (Wildman–Crippen LogP) is 3.27. The molecule has 1 aromatic heterocycles. The van der Waals surface area contributed by atoms with Crippen LogP contribution in [0.2, 0.25) is 0 Å². The highest BCUT2D eigenvalue weighted by Crippen LogP contribution is 2.17. The van der Waals surface area contributed by atoms with Crippen LogP contribution in [-0.2, 0) is 6.54 Å². The number of hydrogen-bond acceptors (Lipinski definition) is 3. The van der Waals surface area contributed by atoms with E-state index in [1.807, 2.05) is 6.07 Å². The molecule has 0 bridgehead atoms. The first-order chi connectivity index (χ1) is 9.40. The molecule has 0 spiro atoms. The largest absolute Gasteiger partial charge is 0.348 e. The minimum absolute atomic E-state index is 0.0208. The maximum Gasteiger partial charge on any atom is 0.348 e. The number of hydrogen-bond donors (Lipinski definition) is 0. The van der Waals surface area contributed by atoms with E-state index in [0.29, 0.717) is 17.0 Å². The minimum Gasteiger partial charge on any atom is -0.292 e. The van der Waals surface area contributed by atoms with Gasteiger partial charge in [-0.1, -0.05) is 28.1 Å². The summed E-state index contributed by atoms with van der Waals surface area (Å²) < 4.78 is 2.95. The first-order valence-corrected chi connectivity index (χ1v) is 7.51. The molecule has 0 aliphatic carbocycles. The third-order valence-electron chi connectivity index (χ3n) is 2.98. The van der Waals surface area contributed by atoms with Crippen LogP contribution in [0.25, 0.3) is 0 Å². The molecule has 0 fully saturated rings. The van der Waals surface area contributed by atoms with Gasteiger partial charge in [0.1, 0.15) is 0 Å². The second-order valence-corrected chi connectivity index (χ2v) is 6.11. The summed E-state index contributed by atoms with van der Waals surface area (Å²) in [5.41, 5.74) is 1.47. The molecule has 2 aromatic rings. The van der Waals surface area contributed by atoms with Crippen LogP contribution in [0.5, 0.6) is 0 Å². The quantitative estimate of drug-likeness (QED) is 0.744. The van der Waals surface area contributed by atoms with Gasteiger partial charge in [-0.25, -0.2) is 4.79 Å². The second kappa shape index (κ2) is 6.01. The molecular weight excluding hydrogens is 388 g/mol. The fourth-order valence-electron chi connectivity index (χ4n) is 1.86. The topological polar surface area (TPSA) is 52.0 Å². The molecule has 1 aromatic carbocycles. The number of carbonyl (C=O) groups is 1. The van der Waals surface area contributed by atoms with Gasteiger partial charge in [0.2, 0.25) is 0 Å². The Kier molecular flexibility index (Phi) is 4.55. The van der Waals surface area contributed by atoms with Gasteiger partial charge in [-0.2, -0.15) is 4.98 Å². The third-order valence-corrected chi connectivity index (χ3v) is 4.62. The van der Waals surface area contributed by atoms with Crippen molar-refractivity contribution in [2.24, 2.45) is 0 Å². The highest BCUT2D eigenvalue weighted by Gasteiger charge is 2.13. The van der Waals surface area contributed by atoms with Gasteiger partial charge in [-0.05, 0) is 41.9 Å². The van der Waals surface area contributed by atoms with Gasteiger partial charge in [0.25, 0.3) is 0 Å². The number of Topliss-reactive ketones (excluding diaryl/α,β-unsaturated/α-hetero) is 1. The molecule has 4 nitrogen and oxygen atoms in total.